The van der Waals surface area contributed by atoms with Gasteiger partial charge in [0.1, 0.15) is 0 Å². The fourth-order valence-corrected chi connectivity index (χ4v) is 3.27. The van der Waals surface area contributed by atoms with E-state index in [-0.39, 0.29) is 11.8 Å². The number of nitrogens with one attached hydrogen (secondary N) is 2. The van der Waals surface area contributed by atoms with Gasteiger partial charge in [-0.3, -0.25) is 9.69 Å². The lowest BCUT2D eigenvalue weighted by Gasteiger charge is -2.18. The van der Waals surface area contributed by atoms with Crippen LogP contribution in [0.3, 0.4) is 0 Å². The van der Waals surface area contributed by atoms with Gasteiger partial charge in [0, 0.05) is 19.6 Å². The molecule has 114 valence electrons. The maximum atomic E-state index is 12.1. The van der Waals surface area contributed by atoms with Crippen molar-refractivity contribution in [2.24, 2.45) is 5.92 Å². The van der Waals surface area contributed by atoms with Gasteiger partial charge in [-0.2, -0.15) is 0 Å². The van der Waals surface area contributed by atoms with E-state index in [2.05, 4.69) is 39.8 Å². The van der Waals surface area contributed by atoms with E-state index in [1.54, 1.807) is 0 Å². The molecule has 0 aromatic heterocycles. The van der Waals surface area contributed by atoms with Crippen molar-refractivity contribution in [3.05, 3.63) is 35.4 Å². The van der Waals surface area contributed by atoms with Gasteiger partial charge in [-0.05, 0) is 50.0 Å². The fourth-order valence-electron chi connectivity index (χ4n) is 3.27. The summed E-state index contributed by atoms with van der Waals surface area (Å²) in [6, 6.07) is 8.49. The Morgan fingerprint density at radius 3 is 2.71 bits per heavy atom. The van der Waals surface area contributed by atoms with Gasteiger partial charge in [-0.25, -0.2) is 0 Å². The van der Waals surface area contributed by atoms with Crippen LogP contribution in [0.1, 0.15) is 30.4 Å². The standard InChI is InChI=1S/C17H25N3O/c21-17(15-7-8-18-11-15)19-12-14-5-1-2-6-16(14)13-20-9-3-4-10-20/h1-2,5-6,15,18H,3-4,7-13H2,(H,19,21). The first-order valence-electron chi connectivity index (χ1n) is 8.10. The van der Waals surface area contributed by atoms with Crippen molar-refractivity contribution in [1.29, 1.82) is 0 Å². The molecule has 1 amide bonds. The number of rotatable bonds is 5. The third kappa shape index (κ3) is 3.83. The molecule has 0 aliphatic carbocycles. The summed E-state index contributed by atoms with van der Waals surface area (Å²) in [6.07, 6.45) is 3.59. The van der Waals surface area contributed by atoms with Crippen LogP contribution in [-0.4, -0.2) is 37.0 Å². The molecule has 3 rings (SSSR count). The minimum Gasteiger partial charge on any atom is -0.352 e. The van der Waals surface area contributed by atoms with Crippen molar-refractivity contribution < 1.29 is 4.79 Å². The zero-order valence-electron chi connectivity index (χ0n) is 12.6. The number of hydrogen-bond acceptors (Lipinski definition) is 3. The first-order valence-corrected chi connectivity index (χ1v) is 8.10. The molecule has 1 aromatic rings. The monoisotopic (exact) mass is 287 g/mol. The quantitative estimate of drug-likeness (QED) is 0.863. The average Bonchev–Trinajstić information content (AvgIpc) is 3.19. The summed E-state index contributed by atoms with van der Waals surface area (Å²) in [5, 5.41) is 6.35. The van der Waals surface area contributed by atoms with E-state index in [0.717, 1.165) is 26.1 Å². The van der Waals surface area contributed by atoms with Gasteiger partial charge in [0.15, 0.2) is 0 Å². The molecule has 1 atom stereocenters. The molecule has 2 fully saturated rings. The molecule has 1 unspecified atom stereocenters. The molecule has 1 aromatic carbocycles. The van der Waals surface area contributed by atoms with Gasteiger partial charge in [-0.1, -0.05) is 24.3 Å². The van der Waals surface area contributed by atoms with E-state index in [4.69, 9.17) is 0 Å². The second-order valence-corrected chi connectivity index (χ2v) is 6.16. The highest BCUT2D eigenvalue weighted by atomic mass is 16.1. The molecule has 0 bridgehead atoms. The second-order valence-electron chi connectivity index (χ2n) is 6.16. The highest BCUT2D eigenvalue weighted by Gasteiger charge is 2.22. The summed E-state index contributed by atoms with van der Waals surface area (Å²) in [5.74, 6) is 0.340. The van der Waals surface area contributed by atoms with Gasteiger partial charge in [0.2, 0.25) is 5.91 Å². The third-order valence-corrected chi connectivity index (χ3v) is 4.60. The lowest BCUT2D eigenvalue weighted by atomic mass is 10.1. The molecular formula is C17H25N3O. The summed E-state index contributed by atoms with van der Waals surface area (Å²) in [5.41, 5.74) is 2.60. The van der Waals surface area contributed by atoms with Gasteiger partial charge in [0.05, 0.1) is 5.92 Å². The number of hydrogen-bond donors (Lipinski definition) is 2. The highest BCUT2D eigenvalue weighted by molar-refractivity contribution is 5.79. The van der Waals surface area contributed by atoms with E-state index >= 15 is 0 Å². The highest BCUT2D eigenvalue weighted by Crippen LogP contribution is 2.16. The zero-order valence-corrected chi connectivity index (χ0v) is 12.6. The molecule has 0 spiro atoms. The fraction of sp³-hybridized carbons (Fsp3) is 0.588. The average molecular weight is 287 g/mol. The van der Waals surface area contributed by atoms with E-state index < -0.39 is 0 Å². The Hall–Kier alpha value is -1.39. The van der Waals surface area contributed by atoms with E-state index in [9.17, 15) is 4.79 Å². The number of likely N-dealkylation sites (tertiary alicyclic amines) is 1. The van der Waals surface area contributed by atoms with Crippen molar-refractivity contribution >= 4 is 5.91 Å². The van der Waals surface area contributed by atoms with Crippen LogP contribution in [0, 0.1) is 5.92 Å². The van der Waals surface area contributed by atoms with Crippen molar-refractivity contribution in [2.75, 3.05) is 26.2 Å². The molecule has 2 aliphatic rings. The molecule has 2 aliphatic heterocycles. The van der Waals surface area contributed by atoms with E-state index in [0.29, 0.717) is 6.54 Å². The maximum absolute atomic E-state index is 12.1. The molecule has 4 heteroatoms. The Bertz CT molecular complexity index is 477. The molecule has 4 nitrogen and oxygen atoms in total. The van der Waals surface area contributed by atoms with Crippen LogP contribution in [0.15, 0.2) is 24.3 Å². The molecule has 21 heavy (non-hydrogen) atoms. The van der Waals surface area contributed by atoms with Crippen LogP contribution in [-0.2, 0) is 17.9 Å². The molecule has 2 saturated heterocycles. The first-order chi connectivity index (χ1) is 10.3. The SMILES string of the molecule is O=C(NCc1ccccc1CN1CCCC1)C1CCNC1. The second kappa shape index (κ2) is 7.05. The van der Waals surface area contributed by atoms with Gasteiger partial charge in [0.25, 0.3) is 0 Å². The number of carbonyl (C=O) groups excluding carboxylic acids is 1. The summed E-state index contributed by atoms with van der Waals surface area (Å²) in [4.78, 5) is 14.6. The minimum absolute atomic E-state index is 0.149. The van der Waals surface area contributed by atoms with Crippen molar-refractivity contribution in [3.8, 4) is 0 Å². The van der Waals surface area contributed by atoms with Crippen LogP contribution in [0.25, 0.3) is 0 Å². The summed E-state index contributed by atoms with van der Waals surface area (Å²) in [7, 11) is 0. The predicted octanol–water partition coefficient (Wildman–Crippen LogP) is 1.51. The van der Waals surface area contributed by atoms with Crippen LogP contribution >= 0.6 is 0 Å². The first kappa shape index (κ1) is 14.5. The Morgan fingerprint density at radius 1 is 1.24 bits per heavy atom. The largest absolute Gasteiger partial charge is 0.352 e. The zero-order chi connectivity index (χ0) is 14.5. The lowest BCUT2D eigenvalue weighted by Crippen LogP contribution is -2.32. The van der Waals surface area contributed by atoms with Gasteiger partial charge >= 0.3 is 0 Å². The van der Waals surface area contributed by atoms with Gasteiger partial charge < -0.3 is 10.6 Å². The van der Waals surface area contributed by atoms with Crippen molar-refractivity contribution in [2.45, 2.75) is 32.4 Å². The molecule has 0 saturated carbocycles. The van der Waals surface area contributed by atoms with Gasteiger partial charge in [-0.15, -0.1) is 0 Å². The normalized spacial score (nSPS) is 22.6. The number of nitrogens with zero attached hydrogens (tertiary/aromatic N) is 1. The molecule has 0 radical (unpaired) electrons. The Labute approximate surface area is 126 Å². The van der Waals surface area contributed by atoms with Crippen molar-refractivity contribution in [1.82, 2.24) is 15.5 Å². The van der Waals surface area contributed by atoms with Crippen LogP contribution in [0.5, 0.6) is 0 Å². The maximum Gasteiger partial charge on any atom is 0.224 e. The predicted molar refractivity (Wildman–Crippen MR) is 83.8 cm³/mol. The Kier molecular flexibility index (Phi) is 4.88. The molecular weight excluding hydrogens is 262 g/mol. The number of benzene rings is 1. The van der Waals surface area contributed by atoms with Crippen LogP contribution in [0.4, 0.5) is 0 Å². The Morgan fingerprint density at radius 2 is 2.00 bits per heavy atom. The van der Waals surface area contributed by atoms with Crippen LogP contribution < -0.4 is 10.6 Å². The van der Waals surface area contributed by atoms with Crippen LogP contribution in [0.2, 0.25) is 0 Å². The molecule has 2 N–H and O–H groups in total. The lowest BCUT2D eigenvalue weighted by molar-refractivity contribution is -0.124. The Balaban J connectivity index is 1.57. The van der Waals surface area contributed by atoms with E-state index in [1.165, 1.54) is 37.1 Å². The number of amides is 1. The smallest absolute Gasteiger partial charge is 0.224 e. The van der Waals surface area contributed by atoms with E-state index in [1.807, 2.05) is 0 Å². The van der Waals surface area contributed by atoms with Crippen molar-refractivity contribution in [3.63, 3.8) is 0 Å². The summed E-state index contributed by atoms with van der Waals surface area (Å²) in [6.45, 7) is 5.85. The topological polar surface area (TPSA) is 44.4 Å². The summed E-state index contributed by atoms with van der Waals surface area (Å²) < 4.78 is 0. The third-order valence-electron chi connectivity index (χ3n) is 4.60. The molecule has 2 heterocycles. The summed E-state index contributed by atoms with van der Waals surface area (Å²) >= 11 is 0. The number of carbonyl (C=O) groups is 1. The minimum atomic E-state index is 0.149.